The van der Waals surface area contributed by atoms with Crippen molar-refractivity contribution in [2.24, 2.45) is 0 Å². The Morgan fingerprint density at radius 3 is 0.941 bits per heavy atom. The zero-order valence-electron chi connectivity index (χ0n) is 13.8. The van der Waals surface area contributed by atoms with E-state index in [4.69, 9.17) is 0 Å². The lowest BCUT2D eigenvalue weighted by atomic mass is 10.2. The van der Waals surface area contributed by atoms with Gasteiger partial charge in [-0.3, -0.25) is 0 Å². The summed E-state index contributed by atoms with van der Waals surface area (Å²) in [5, 5.41) is 0. The zero-order valence-corrected chi connectivity index (χ0v) is 14.7. The predicted molar refractivity (Wildman–Crippen MR) is 91.5 cm³/mol. The van der Waals surface area contributed by atoms with E-state index < -0.39 is 0 Å². The molecule has 0 aliphatic rings. The Labute approximate surface area is 117 Å². The first-order chi connectivity index (χ1) is 8.39. The molecular formula is C16H36S. The molecule has 0 bridgehead atoms. The van der Waals surface area contributed by atoms with E-state index >= 15 is 0 Å². The van der Waals surface area contributed by atoms with Crippen LogP contribution in [0.25, 0.3) is 0 Å². The molecule has 0 nitrogen and oxygen atoms in total. The quantitative estimate of drug-likeness (QED) is 0.496. The molecule has 0 fully saturated rings. The van der Waals surface area contributed by atoms with Crippen molar-refractivity contribution >= 4 is 12.6 Å². The van der Waals surface area contributed by atoms with Crippen molar-refractivity contribution < 1.29 is 0 Å². The fraction of sp³-hybridized carbons (Fsp3) is 0.625. The summed E-state index contributed by atoms with van der Waals surface area (Å²) in [5.74, 6) is 0. The van der Waals surface area contributed by atoms with Gasteiger partial charge in [0, 0.05) is 0 Å². The Morgan fingerprint density at radius 2 is 0.824 bits per heavy atom. The molecule has 0 aliphatic carbocycles. The molecule has 1 rings (SSSR count). The van der Waals surface area contributed by atoms with Crippen LogP contribution in [0.4, 0.5) is 0 Å². The van der Waals surface area contributed by atoms with Gasteiger partial charge >= 0.3 is 0 Å². The summed E-state index contributed by atoms with van der Waals surface area (Å²) in [6, 6.07) is 10.3. The van der Waals surface area contributed by atoms with E-state index in [1.54, 1.807) is 6.26 Å². The third kappa shape index (κ3) is 50.0. The van der Waals surface area contributed by atoms with Crippen LogP contribution in [0.15, 0.2) is 30.3 Å². The Kier molecular flexibility index (Phi) is 102. The van der Waals surface area contributed by atoms with Crippen LogP contribution in [0.2, 0.25) is 0 Å². The number of thiol groups is 1. The van der Waals surface area contributed by atoms with Gasteiger partial charge in [-0.15, -0.1) is 0 Å². The van der Waals surface area contributed by atoms with Crippen molar-refractivity contribution in [3.63, 3.8) is 0 Å². The highest BCUT2D eigenvalue weighted by Gasteiger charge is 1.72. The molecule has 106 valence electrons. The minimum Gasteiger partial charge on any atom is -0.183 e. The molecule has 0 unspecified atom stereocenters. The van der Waals surface area contributed by atoms with Gasteiger partial charge in [0.2, 0.25) is 0 Å². The maximum Gasteiger partial charge on any atom is -0.0215 e. The lowest BCUT2D eigenvalue weighted by Crippen LogP contribution is -1.62. The Hall–Kier alpha value is -0.430. The molecular weight excluding hydrogens is 224 g/mol. The van der Waals surface area contributed by atoms with E-state index in [0.29, 0.717) is 0 Å². The average molecular weight is 261 g/mol. The van der Waals surface area contributed by atoms with Gasteiger partial charge in [-0.2, -0.15) is 12.6 Å². The van der Waals surface area contributed by atoms with Crippen molar-refractivity contribution in [1.82, 2.24) is 0 Å². The first kappa shape index (κ1) is 30.0. The van der Waals surface area contributed by atoms with Crippen LogP contribution < -0.4 is 0 Å². The van der Waals surface area contributed by atoms with Gasteiger partial charge in [-0.1, -0.05) is 91.3 Å². The second kappa shape index (κ2) is 57.7. The topological polar surface area (TPSA) is 0 Å². The predicted octanol–water partition coefficient (Wildman–Crippen LogP) is 6.65. The molecule has 17 heavy (non-hydrogen) atoms. The molecule has 0 N–H and O–H groups in total. The smallest absolute Gasteiger partial charge is 0.0215 e. The molecule has 0 spiro atoms. The van der Waals surface area contributed by atoms with Crippen LogP contribution in [0, 0.1) is 6.92 Å². The first-order valence-electron chi connectivity index (χ1n) is 6.86. The van der Waals surface area contributed by atoms with Gasteiger partial charge in [0.15, 0.2) is 0 Å². The van der Waals surface area contributed by atoms with Gasteiger partial charge < -0.3 is 0 Å². The third-order valence-electron chi connectivity index (χ3n) is 0.940. The highest BCUT2D eigenvalue weighted by atomic mass is 32.1. The molecule has 0 saturated heterocycles. The van der Waals surface area contributed by atoms with Crippen LogP contribution in [0.3, 0.4) is 0 Å². The largest absolute Gasteiger partial charge is 0.183 e. The van der Waals surface area contributed by atoms with E-state index in [1.165, 1.54) is 5.56 Å². The third-order valence-corrected chi connectivity index (χ3v) is 0.940. The van der Waals surface area contributed by atoms with Crippen molar-refractivity contribution in [3.05, 3.63) is 35.9 Å². The second-order valence-electron chi connectivity index (χ2n) is 1.65. The molecule has 0 amide bonds. The summed E-state index contributed by atoms with van der Waals surface area (Å²) in [6.07, 6.45) is 1.69. The molecule has 1 heteroatoms. The summed E-state index contributed by atoms with van der Waals surface area (Å²) in [6.45, 7) is 18.1. The normalized spacial score (nSPS) is 5.35. The number of hydrogen-bond donors (Lipinski definition) is 1. The van der Waals surface area contributed by atoms with Crippen LogP contribution >= 0.6 is 12.6 Å². The van der Waals surface area contributed by atoms with Crippen molar-refractivity contribution in [2.75, 3.05) is 6.26 Å². The van der Waals surface area contributed by atoms with Gasteiger partial charge in [-0.05, 0) is 13.2 Å². The van der Waals surface area contributed by atoms with Crippen molar-refractivity contribution in [3.8, 4) is 0 Å². The highest BCUT2D eigenvalue weighted by Crippen LogP contribution is 1.92. The summed E-state index contributed by atoms with van der Waals surface area (Å²) >= 11 is 3.53. The van der Waals surface area contributed by atoms with Crippen LogP contribution in [0.1, 0.15) is 61.0 Å². The molecule has 1 aromatic carbocycles. The van der Waals surface area contributed by atoms with E-state index in [0.717, 1.165) is 0 Å². The van der Waals surface area contributed by atoms with Crippen molar-refractivity contribution in [1.29, 1.82) is 0 Å². The maximum absolute atomic E-state index is 3.53. The molecule has 0 aromatic heterocycles. The summed E-state index contributed by atoms with van der Waals surface area (Å²) < 4.78 is 0. The fourth-order valence-electron chi connectivity index (χ4n) is 0.534. The van der Waals surface area contributed by atoms with E-state index in [1.807, 2.05) is 73.6 Å². The summed E-state index contributed by atoms with van der Waals surface area (Å²) in [5.41, 5.74) is 1.32. The minimum atomic E-state index is 1.32. The lowest BCUT2D eigenvalue weighted by molar-refractivity contribution is 1.48. The van der Waals surface area contributed by atoms with Gasteiger partial charge in [0.05, 0.1) is 0 Å². The molecule has 0 aliphatic heterocycles. The standard InChI is InChI=1S/C7H8.4C2H6.CH4S/c1-7-5-3-2-4-6-7;5*1-2/h2-6H,1H3;4*1-2H3;2H,1H3. The minimum absolute atomic E-state index is 1.32. The van der Waals surface area contributed by atoms with Crippen LogP contribution in [-0.2, 0) is 0 Å². The SMILES string of the molecule is CC.CC.CC.CC.CS.Cc1ccccc1. The number of aryl methyl sites for hydroxylation is 1. The van der Waals surface area contributed by atoms with E-state index in [9.17, 15) is 0 Å². The first-order valence-corrected chi connectivity index (χ1v) is 7.75. The molecule has 0 saturated carbocycles. The number of benzene rings is 1. The number of hydrogen-bond acceptors (Lipinski definition) is 1. The summed E-state index contributed by atoms with van der Waals surface area (Å²) in [4.78, 5) is 0. The average Bonchev–Trinajstić information content (AvgIpc) is 2.50. The monoisotopic (exact) mass is 260 g/mol. The molecule has 0 radical (unpaired) electrons. The Bertz CT molecular complexity index is 135. The number of rotatable bonds is 0. The van der Waals surface area contributed by atoms with E-state index in [-0.39, 0.29) is 0 Å². The summed E-state index contributed by atoms with van der Waals surface area (Å²) in [7, 11) is 0. The lowest BCUT2D eigenvalue weighted by Gasteiger charge is -1.82. The van der Waals surface area contributed by atoms with Gasteiger partial charge in [0.1, 0.15) is 0 Å². The van der Waals surface area contributed by atoms with Gasteiger partial charge in [0.25, 0.3) is 0 Å². The zero-order chi connectivity index (χ0) is 15.1. The van der Waals surface area contributed by atoms with Crippen LogP contribution in [-0.4, -0.2) is 6.26 Å². The van der Waals surface area contributed by atoms with Gasteiger partial charge in [-0.25, -0.2) is 0 Å². The maximum atomic E-state index is 3.53. The van der Waals surface area contributed by atoms with Crippen molar-refractivity contribution in [2.45, 2.75) is 62.3 Å². The Morgan fingerprint density at radius 1 is 0.588 bits per heavy atom. The highest BCUT2D eigenvalue weighted by molar-refractivity contribution is 7.79. The Balaban J connectivity index is -0.0000000413. The van der Waals surface area contributed by atoms with E-state index in [2.05, 4.69) is 31.7 Å². The molecule has 1 aromatic rings. The molecule has 0 heterocycles. The molecule has 0 atom stereocenters. The fourth-order valence-corrected chi connectivity index (χ4v) is 0.534. The second-order valence-corrected chi connectivity index (χ2v) is 1.65. The van der Waals surface area contributed by atoms with Crippen LogP contribution in [0.5, 0.6) is 0 Å².